The number of nitrogens with one attached hydrogen (secondary N) is 3. The van der Waals surface area contributed by atoms with Crippen LogP contribution in [0.3, 0.4) is 0 Å². The van der Waals surface area contributed by atoms with Gasteiger partial charge in [-0.25, -0.2) is 9.97 Å². The number of imidazole rings is 1. The molecule has 0 atom stereocenters. The van der Waals surface area contributed by atoms with Crippen LogP contribution in [0.25, 0.3) is 44.7 Å². The van der Waals surface area contributed by atoms with E-state index < -0.39 is 0 Å². The number of amides is 1. The van der Waals surface area contributed by atoms with Crippen LogP contribution in [0.4, 0.5) is 11.5 Å². The van der Waals surface area contributed by atoms with E-state index in [2.05, 4.69) is 47.2 Å². The van der Waals surface area contributed by atoms with Gasteiger partial charge in [-0.1, -0.05) is 20.8 Å². The molecule has 0 spiro atoms. The molecule has 5 aromatic rings. The van der Waals surface area contributed by atoms with E-state index in [1.165, 1.54) is 0 Å². The molecule has 0 saturated carbocycles. The van der Waals surface area contributed by atoms with Gasteiger partial charge in [-0.3, -0.25) is 24.9 Å². The zero-order valence-corrected chi connectivity index (χ0v) is 22.6. The summed E-state index contributed by atoms with van der Waals surface area (Å²) in [4.78, 5) is 39.9. The first-order chi connectivity index (χ1) is 18.6. The van der Waals surface area contributed by atoms with Crippen molar-refractivity contribution in [2.45, 2.75) is 34.1 Å². The molecule has 5 heterocycles. The van der Waals surface area contributed by atoms with E-state index >= 15 is 0 Å². The molecular weight excluding hydrogens is 492 g/mol. The summed E-state index contributed by atoms with van der Waals surface area (Å²) in [5, 5.41) is 11.3. The van der Waals surface area contributed by atoms with Crippen molar-refractivity contribution in [3.8, 4) is 22.8 Å². The molecule has 0 aliphatic carbocycles. The van der Waals surface area contributed by atoms with Gasteiger partial charge in [0.2, 0.25) is 5.91 Å². The van der Waals surface area contributed by atoms with Crippen molar-refractivity contribution in [1.29, 1.82) is 0 Å². The maximum Gasteiger partial charge on any atom is 0.224 e. The monoisotopic (exact) mass is 522 g/mol. The number of allylic oxidation sites excluding steroid dienone is 1. The quantitative estimate of drug-likeness (QED) is 0.245. The lowest BCUT2D eigenvalue weighted by atomic mass is 9.92. The van der Waals surface area contributed by atoms with Crippen LogP contribution in [0.1, 0.15) is 34.1 Å². The maximum atomic E-state index is 12.4. The number of carbonyl (C=O) groups is 1. The zero-order chi connectivity index (χ0) is 27.7. The molecule has 0 aliphatic heterocycles. The fourth-order valence-corrected chi connectivity index (χ4v) is 4.26. The van der Waals surface area contributed by atoms with Gasteiger partial charge in [-0.15, -0.1) is 0 Å². The number of nitrogens with zero attached hydrogens (tertiary/aromatic N) is 7. The summed E-state index contributed by atoms with van der Waals surface area (Å²) in [6, 6.07) is 5.68. The summed E-state index contributed by atoms with van der Waals surface area (Å²) >= 11 is 0. The van der Waals surface area contributed by atoms with Crippen molar-refractivity contribution < 1.29 is 4.79 Å². The van der Waals surface area contributed by atoms with Gasteiger partial charge in [-0.2, -0.15) is 5.10 Å². The fraction of sp³-hybridized carbons (Fsp3) is 0.250. The Balaban J connectivity index is 1.50. The SMILES string of the molecule is C=N/C(C)=C\N(C)c1nccc2[nH]c(-c3n[nH]c4cnc(-c5cncc(NC(=O)CC(C)(C)C)c5)cc34)nc12. The van der Waals surface area contributed by atoms with Gasteiger partial charge in [0.15, 0.2) is 11.6 Å². The Morgan fingerprint density at radius 3 is 2.77 bits per heavy atom. The number of pyridine rings is 3. The number of aromatic amines is 2. The van der Waals surface area contributed by atoms with Gasteiger partial charge in [0.05, 0.1) is 40.5 Å². The summed E-state index contributed by atoms with van der Waals surface area (Å²) in [6.45, 7) is 11.5. The Hall–Kier alpha value is -4.93. The van der Waals surface area contributed by atoms with Crippen molar-refractivity contribution in [1.82, 2.24) is 35.1 Å². The topological polar surface area (TPSA) is 141 Å². The minimum atomic E-state index is -0.110. The number of hydrogen-bond acceptors (Lipinski definition) is 8. The molecule has 0 unspecified atom stereocenters. The predicted octanol–water partition coefficient (Wildman–Crippen LogP) is 5.33. The molecule has 5 aromatic heterocycles. The van der Waals surface area contributed by atoms with E-state index in [0.717, 1.165) is 27.7 Å². The molecule has 11 nitrogen and oxygen atoms in total. The minimum absolute atomic E-state index is 0.0576. The second kappa shape index (κ2) is 10.1. The first-order valence-corrected chi connectivity index (χ1v) is 12.4. The summed E-state index contributed by atoms with van der Waals surface area (Å²) < 4.78 is 0. The molecule has 0 aliphatic rings. The minimum Gasteiger partial charge on any atom is -0.336 e. The van der Waals surface area contributed by atoms with Gasteiger partial charge in [0, 0.05) is 43.0 Å². The Bertz CT molecular complexity index is 1720. The highest BCUT2D eigenvalue weighted by atomic mass is 16.1. The van der Waals surface area contributed by atoms with Crippen LogP contribution >= 0.6 is 0 Å². The lowest BCUT2D eigenvalue weighted by Crippen LogP contribution is -2.19. The Labute approximate surface area is 225 Å². The molecule has 0 saturated heterocycles. The molecule has 0 bridgehead atoms. The first-order valence-electron chi connectivity index (χ1n) is 12.4. The highest BCUT2D eigenvalue weighted by Gasteiger charge is 2.18. The molecule has 1 amide bonds. The van der Waals surface area contributed by atoms with Gasteiger partial charge >= 0.3 is 0 Å². The molecule has 11 heteroatoms. The number of carbonyl (C=O) groups excluding carboxylic acids is 1. The molecular formula is C28H30N10O. The van der Waals surface area contributed by atoms with Gasteiger partial charge in [0.25, 0.3) is 0 Å². The van der Waals surface area contributed by atoms with Crippen LogP contribution in [0, 0.1) is 5.41 Å². The van der Waals surface area contributed by atoms with E-state index in [0.29, 0.717) is 40.7 Å². The molecule has 0 radical (unpaired) electrons. The van der Waals surface area contributed by atoms with E-state index in [1.54, 1.807) is 24.8 Å². The van der Waals surface area contributed by atoms with E-state index in [9.17, 15) is 4.79 Å². The summed E-state index contributed by atoms with van der Waals surface area (Å²) in [7, 11) is 1.89. The standard InChI is InChI=1S/C28H30N10O/c1-16(29-5)15-38(6)27-25-20(7-8-31-27)34-26(35-25)24-19-10-21(32-14-22(19)36-37-24)17-9-18(13-30-12-17)33-23(39)11-28(2,3)4/h7-10,12-15H,5,11H2,1-4,6H3,(H,33,39)(H,34,35)(H,36,37)/b16-15-. The predicted molar refractivity (Wildman–Crippen MR) is 154 cm³/mol. The lowest BCUT2D eigenvalue weighted by molar-refractivity contribution is -0.117. The molecule has 5 rings (SSSR count). The van der Waals surface area contributed by atoms with Crippen LogP contribution in [0.5, 0.6) is 0 Å². The molecule has 0 fully saturated rings. The Morgan fingerprint density at radius 2 is 2.00 bits per heavy atom. The second-order valence-corrected chi connectivity index (χ2v) is 10.6. The fourth-order valence-electron chi connectivity index (χ4n) is 4.26. The lowest BCUT2D eigenvalue weighted by Gasteiger charge is -2.17. The molecule has 39 heavy (non-hydrogen) atoms. The van der Waals surface area contributed by atoms with Crippen molar-refractivity contribution in [3.63, 3.8) is 0 Å². The van der Waals surface area contributed by atoms with Gasteiger partial charge < -0.3 is 15.2 Å². The van der Waals surface area contributed by atoms with Crippen molar-refractivity contribution in [3.05, 3.63) is 54.9 Å². The van der Waals surface area contributed by atoms with Crippen LogP contribution in [-0.4, -0.2) is 54.8 Å². The Kier molecular flexibility index (Phi) is 6.65. The maximum absolute atomic E-state index is 12.4. The smallest absolute Gasteiger partial charge is 0.224 e. The van der Waals surface area contributed by atoms with Crippen LogP contribution < -0.4 is 10.2 Å². The third-order valence-corrected chi connectivity index (χ3v) is 6.03. The highest BCUT2D eigenvalue weighted by molar-refractivity contribution is 5.96. The third kappa shape index (κ3) is 5.52. The van der Waals surface area contributed by atoms with Crippen molar-refractivity contribution in [2.75, 3.05) is 17.3 Å². The van der Waals surface area contributed by atoms with E-state index in [-0.39, 0.29) is 11.3 Å². The second-order valence-electron chi connectivity index (χ2n) is 10.6. The largest absolute Gasteiger partial charge is 0.336 e. The van der Waals surface area contributed by atoms with E-state index in [1.807, 2.05) is 64.0 Å². The summed E-state index contributed by atoms with van der Waals surface area (Å²) in [5.41, 5.74) is 5.69. The van der Waals surface area contributed by atoms with E-state index in [4.69, 9.17) is 4.98 Å². The third-order valence-electron chi connectivity index (χ3n) is 6.03. The van der Waals surface area contributed by atoms with Crippen LogP contribution in [0.15, 0.2) is 59.9 Å². The zero-order valence-electron chi connectivity index (χ0n) is 22.6. The number of aromatic nitrogens is 7. The van der Waals surface area contributed by atoms with Gasteiger partial charge in [0.1, 0.15) is 11.2 Å². The Morgan fingerprint density at radius 1 is 1.18 bits per heavy atom. The summed E-state index contributed by atoms with van der Waals surface area (Å²) in [6.07, 6.45) is 9.06. The first kappa shape index (κ1) is 25.7. The average molecular weight is 523 g/mol. The number of anilines is 2. The highest BCUT2D eigenvalue weighted by Crippen LogP contribution is 2.31. The summed E-state index contributed by atoms with van der Waals surface area (Å²) in [5.74, 6) is 1.22. The molecule has 0 aromatic carbocycles. The number of H-pyrrole nitrogens is 2. The normalized spacial score (nSPS) is 12.2. The van der Waals surface area contributed by atoms with Crippen LogP contribution in [-0.2, 0) is 4.79 Å². The van der Waals surface area contributed by atoms with Crippen LogP contribution in [0.2, 0.25) is 0 Å². The number of rotatable bonds is 7. The number of fused-ring (bicyclic) bond motifs is 2. The van der Waals surface area contributed by atoms with Gasteiger partial charge in [-0.05, 0) is 37.3 Å². The molecule has 3 N–H and O–H groups in total. The number of aliphatic imine (C=N–C) groups is 1. The average Bonchev–Trinajstić information content (AvgIpc) is 3.51. The van der Waals surface area contributed by atoms with Crippen molar-refractivity contribution >= 4 is 46.1 Å². The molecule has 198 valence electrons. The van der Waals surface area contributed by atoms with Crippen molar-refractivity contribution in [2.24, 2.45) is 10.4 Å². The number of hydrogen-bond donors (Lipinski definition) is 3.